The van der Waals surface area contributed by atoms with Crippen molar-refractivity contribution in [3.8, 4) is 23.9 Å². The average Bonchev–Trinajstić information content (AvgIpc) is 3.03. The Hall–Kier alpha value is -1.93. The topological polar surface area (TPSA) is 31.0 Å². The van der Waals surface area contributed by atoms with Crippen molar-refractivity contribution in [3.05, 3.63) is 36.4 Å². The number of para-hydroxylation sites is 2. The van der Waals surface area contributed by atoms with Crippen LogP contribution in [0.4, 0.5) is 0 Å². The summed E-state index contributed by atoms with van der Waals surface area (Å²) in [5, 5.41) is 0. The van der Waals surface area contributed by atoms with Crippen LogP contribution in [-0.4, -0.2) is 22.8 Å². The first-order valence-corrected chi connectivity index (χ1v) is 14.3. The van der Waals surface area contributed by atoms with Gasteiger partial charge >= 0.3 is 127 Å². The summed E-state index contributed by atoms with van der Waals surface area (Å²) in [6, 6.07) is 12.1. The molecule has 3 aromatic rings. The fraction of sp³-hybridized carbons (Fsp3) is 0.235. The molecule has 3 nitrogen and oxygen atoms in total. The normalized spacial score (nSPS) is 11.7. The zero-order valence-corrected chi connectivity index (χ0v) is 14.6. The van der Waals surface area contributed by atoms with Gasteiger partial charge in [0.05, 0.1) is 0 Å². The van der Waals surface area contributed by atoms with Crippen LogP contribution in [0, 0.1) is 12.3 Å². The van der Waals surface area contributed by atoms with Crippen molar-refractivity contribution in [2.45, 2.75) is 23.8 Å². The van der Waals surface area contributed by atoms with Gasteiger partial charge in [-0.05, 0) is 0 Å². The van der Waals surface area contributed by atoms with Gasteiger partial charge in [0.1, 0.15) is 0 Å². The third-order valence-corrected chi connectivity index (χ3v) is 7.14. The van der Waals surface area contributed by atoms with Gasteiger partial charge in [-0.3, -0.25) is 0 Å². The molecule has 3 rings (SSSR count). The van der Waals surface area contributed by atoms with Crippen LogP contribution >= 0.6 is 0 Å². The number of benzene rings is 1. The van der Waals surface area contributed by atoms with Crippen LogP contribution < -0.4 is 4.59 Å². The molecule has 1 aromatic carbocycles. The van der Waals surface area contributed by atoms with E-state index in [4.69, 9.17) is 15.8 Å². The Morgan fingerprint density at radius 1 is 1.19 bits per heavy atom. The first-order chi connectivity index (χ1) is 10.0. The van der Waals surface area contributed by atoms with E-state index in [1.54, 1.807) is 0 Å². The summed E-state index contributed by atoms with van der Waals surface area (Å²) >= 11 is -1.97. The Bertz CT molecular complexity index is 830. The summed E-state index contributed by atoms with van der Waals surface area (Å²) in [5.74, 6) is 11.3. The van der Waals surface area contributed by atoms with Gasteiger partial charge in [0.25, 0.3) is 0 Å². The molecule has 0 fully saturated rings. The number of hydrogen-bond acceptors (Lipinski definition) is 2. The van der Waals surface area contributed by atoms with E-state index in [0.717, 1.165) is 27.2 Å². The molecule has 0 aliphatic carbocycles. The average molecular weight is 339 g/mol. The second-order valence-electron chi connectivity index (χ2n) is 6.13. The van der Waals surface area contributed by atoms with Crippen LogP contribution in [0.3, 0.4) is 0 Å². The molecule has 0 amide bonds. The molecule has 106 valence electrons. The van der Waals surface area contributed by atoms with Crippen LogP contribution in [0.5, 0.6) is 0 Å². The van der Waals surface area contributed by atoms with E-state index in [1.807, 2.05) is 34.9 Å². The van der Waals surface area contributed by atoms with E-state index >= 15 is 0 Å². The number of rotatable bonds is 3. The van der Waals surface area contributed by atoms with E-state index in [0.29, 0.717) is 6.54 Å². The molecule has 0 bridgehead atoms. The van der Waals surface area contributed by atoms with Crippen molar-refractivity contribution in [2.24, 2.45) is 0 Å². The standard InChI is InChI=1S/C17H18GeN2O/c1-5-12-20-14-9-7-6-8-13(14)19-17(20)15-10-11-16(21-15)18(2,3)4/h1,6-11H,12H2,2-4H3. The van der Waals surface area contributed by atoms with Crippen LogP contribution in [0.15, 0.2) is 40.8 Å². The molecule has 0 aliphatic heterocycles. The summed E-state index contributed by atoms with van der Waals surface area (Å²) in [5.41, 5.74) is 1.98. The molecule has 21 heavy (non-hydrogen) atoms. The third kappa shape index (κ3) is 2.52. The Morgan fingerprint density at radius 2 is 1.95 bits per heavy atom. The molecule has 0 aliphatic rings. The number of nitrogens with zero attached hydrogens (tertiary/aromatic N) is 2. The van der Waals surface area contributed by atoms with Crippen LogP contribution in [0.25, 0.3) is 22.6 Å². The Labute approximate surface area is 127 Å². The SMILES string of the molecule is C#CCn1c(-c2cc[c]([Ge]([CH3])([CH3])[CH3])o2)nc2ccccc21. The fourth-order valence-electron chi connectivity index (χ4n) is 2.38. The first kappa shape index (κ1) is 14.0. The molecular weight excluding hydrogens is 321 g/mol. The van der Waals surface area contributed by atoms with Crippen molar-refractivity contribution in [3.63, 3.8) is 0 Å². The zero-order valence-electron chi connectivity index (χ0n) is 12.6. The number of terminal acetylenes is 1. The predicted octanol–water partition coefficient (Wildman–Crippen LogP) is 3.47. The third-order valence-electron chi connectivity index (χ3n) is 3.47. The number of fused-ring (bicyclic) bond motifs is 1. The van der Waals surface area contributed by atoms with Crippen molar-refractivity contribution >= 4 is 28.9 Å². The molecule has 0 radical (unpaired) electrons. The number of aromatic nitrogens is 2. The summed E-state index contributed by atoms with van der Waals surface area (Å²) in [6.45, 7) is 0.489. The summed E-state index contributed by atoms with van der Waals surface area (Å²) in [7, 11) is 0. The monoisotopic (exact) mass is 340 g/mol. The van der Waals surface area contributed by atoms with Gasteiger partial charge in [-0.25, -0.2) is 0 Å². The second kappa shape index (κ2) is 5.12. The molecule has 0 spiro atoms. The van der Waals surface area contributed by atoms with Crippen molar-refractivity contribution in [1.82, 2.24) is 9.55 Å². The van der Waals surface area contributed by atoms with Crippen molar-refractivity contribution in [1.29, 1.82) is 0 Å². The first-order valence-electron chi connectivity index (χ1n) is 7.00. The number of hydrogen-bond donors (Lipinski definition) is 0. The van der Waals surface area contributed by atoms with E-state index in [2.05, 4.69) is 29.3 Å². The minimum absolute atomic E-state index is 0.489. The Morgan fingerprint density at radius 3 is 2.62 bits per heavy atom. The Balaban J connectivity index is 2.18. The van der Waals surface area contributed by atoms with Crippen molar-refractivity contribution in [2.75, 3.05) is 0 Å². The molecule has 2 aromatic heterocycles. The van der Waals surface area contributed by atoms with E-state index < -0.39 is 13.3 Å². The molecule has 0 saturated carbocycles. The minimum atomic E-state index is -1.97. The molecule has 2 heterocycles. The van der Waals surface area contributed by atoms with Crippen LogP contribution in [0.1, 0.15) is 0 Å². The molecular formula is C17H18GeN2O. The van der Waals surface area contributed by atoms with Gasteiger partial charge in [-0.1, -0.05) is 0 Å². The summed E-state index contributed by atoms with van der Waals surface area (Å²) in [4.78, 5) is 4.69. The van der Waals surface area contributed by atoms with Crippen molar-refractivity contribution < 1.29 is 4.42 Å². The quantitative estimate of drug-likeness (QED) is 0.541. The van der Waals surface area contributed by atoms with E-state index in [9.17, 15) is 0 Å². The predicted molar refractivity (Wildman–Crippen MR) is 89.2 cm³/mol. The number of furan rings is 1. The summed E-state index contributed by atoms with van der Waals surface area (Å²) < 4.78 is 9.25. The van der Waals surface area contributed by atoms with Crippen LogP contribution in [0.2, 0.25) is 17.3 Å². The molecule has 0 atom stereocenters. The summed E-state index contributed by atoms with van der Waals surface area (Å²) in [6.07, 6.45) is 5.51. The molecule has 0 saturated heterocycles. The maximum absolute atomic E-state index is 6.08. The molecule has 4 heteroatoms. The van der Waals surface area contributed by atoms with Gasteiger partial charge in [-0.15, -0.1) is 0 Å². The van der Waals surface area contributed by atoms with Crippen LogP contribution in [-0.2, 0) is 6.54 Å². The molecule has 0 N–H and O–H groups in total. The van der Waals surface area contributed by atoms with Gasteiger partial charge in [0.2, 0.25) is 0 Å². The fourth-order valence-corrected chi connectivity index (χ4v) is 4.47. The van der Waals surface area contributed by atoms with Gasteiger partial charge in [0.15, 0.2) is 0 Å². The van der Waals surface area contributed by atoms with E-state index in [-0.39, 0.29) is 0 Å². The van der Waals surface area contributed by atoms with Gasteiger partial charge in [0, 0.05) is 0 Å². The number of imidazole rings is 1. The molecule has 0 unspecified atom stereocenters. The maximum atomic E-state index is 6.08. The zero-order chi connectivity index (χ0) is 15.0. The van der Waals surface area contributed by atoms with E-state index in [1.165, 1.54) is 0 Å². The Kier molecular flexibility index (Phi) is 3.42. The van der Waals surface area contributed by atoms with Gasteiger partial charge < -0.3 is 0 Å². The second-order valence-corrected chi connectivity index (χ2v) is 16.6. The van der Waals surface area contributed by atoms with Gasteiger partial charge in [-0.2, -0.15) is 0 Å².